The molecule has 5 heteroatoms. The minimum absolute atomic E-state index is 0.0333. The van der Waals surface area contributed by atoms with Gasteiger partial charge in [0.25, 0.3) is 0 Å². The van der Waals surface area contributed by atoms with E-state index < -0.39 is 0 Å². The molecule has 1 aliphatic heterocycles. The second kappa shape index (κ2) is 8.32. The Morgan fingerprint density at radius 1 is 1.38 bits per heavy atom. The number of nitrogens with zero attached hydrogens (tertiary/aromatic N) is 1. The van der Waals surface area contributed by atoms with Gasteiger partial charge in [0.2, 0.25) is 0 Å². The van der Waals surface area contributed by atoms with Crippen LogP contribution in [0.1, 0.15) is 24.9 Å². The zero-order valence-corrected chi connectivity index (χ0v) is 12.9. The van der Waals surface area contributed by atoms with Crippen LogP contribution in [0.15, 0.2) is 18.2 Å². The summed E-state index contributed by atoms with van der Waals surface area (Å²) in [4.78, 5) is 2.36. The molecule has 0 spiro atoms. The van der Waals surface area contributed by atoms with Crippen molar-refractivity contribution in [1.29, 1.82) is 0 Å². The van der Waals surface area contributed by atoms with Crippen LogP contribution >= 0.6 is 0 Å². The molecule has 1 aromatic rings. The summed E-state index contributed by atoms with van der Waals surface area (Å²) in [5.41, 5.74) is 0.634. The van der Waals surface area contributed by atoms with Crippen LogP contribution in [0.5, 0.6) is 5.75 Å². The number of methoxy groups -OCH3 is 1. The van der Waals surface area contributed by atoms with E-state index in [0.717, 1.165) is 45.8 Å². The van der Waals surface area contributed by atoms with E-state index in [9.17, 15) is 4.39 Å². The van der Waals surface area contributed by atoms with Crippen molar-refractivity contribution in [2.75, 3.05) is 46.5 Å². The largest absolute Gasteiger partial charge is 0.496 e. The molecule has 1 saturated heterocycles. The SMILES string of the molecule is CCNC(CCN1CCOCC1)c1c(F)cccc1OC. The molecule has 1 fully saturated rings. The van der Waals surface area contributed by atoms with Crippen LogP contribution in [-0.2, 0) is 4.74 Å². The van der Waals surface area contributed by atoms with Gasteiger partial charge in [0.1, 0.15) is 11.6 Å². The maximum Gasteiger partial charge on any atom is 0.131 e. The molecule has 1 aromatic carbocycles. The molecule has 1 unspecified atom stereocenters. The standard InChI is InChI=1S/C16H25FN2O2/c1-3-18-14(7-8-19-9-11-21-12-10-19)16-13(17)5-4-6-15(16)20-2/h4-6,14,18H,3,7-12H2,1-2H3. The molecule has 1 N–H and O–H groups in total. The Morgan fingerprint density at radius 3 is 2.81 bits per heavy atom. The second-order valence-corrected chi connectivity index (χ2v) is 5.21. The summed E-state index contributed by atoms with van der Waals surface area (Å²) >= 11 is 0. The predicted octanol–water partition coefficient (Wildman–Crippen LogP) is 2.21. The van der Waals surface area contributed by atoms with E-state index >= 15 is 0 Å². The van der Waals surface area contributed by atoms with Gasteiger partial charge in [-0.2, -0.15) is 0 Å². The summed E-state index contributed by atoms with van der Waals surface area (Å²) in [6, 6.07) is 4.96. The van der Waals surface area contributed by atoms with E-state index in [0.29, 0.717) is 11.3 Å². The van der Waals surface area contributed by atoms with Gasteiger partial charge in [-0.1, -0.05) is 13.0 Å². The number of halogens is 1. The molecule has 0 amide bonds. The average Bonchev–Trinajstić information content (AvgIpc) is 2.52. The predicted molar refractivity (Wildman–Crippen MR) is 81.2 cm³/mol. The van der Waals surface area contributed by atoms with Crippen LogP contribution in [0.4, 0.5) is 4.39 Å². The summed E-state index contributed by atoms with van der Waals surface area (Å²) in [6.07, 6.45) is 0.852. The van der Waals surface area contributed by atoms with E-state index in [1.807, 2.05) is 13.0 Å². The van der Waals surface area contributed by atoms with E-state index in [1.165, 1.54) is 6.07 Å². The van der Waals surface area contributed by atoms with Crippen molar-refractivity contribution >= 4 is 0 Å². The van der Waals surface area contributed by atoms with E-state index in [2.05, 4.69) is 10.2 Å². The van der Waals surface area contributed by atoms with Gasteiger partial charge in [-0.15, -0.1) is 0 Å². The Bertz CT molecular complexity index is 436. The first-order valence-corrected chi connectivity index (χ1v) is 7.62. The highest BCUT2D eigenvalue weighted by atomic mass is 19.1. The second-order valence-electron chi connectivity index (χ2n) is 5.21. The molecule has 0 aliphatic carbocycles. The van der Waals surface area contributed by atoms with Gasteiger partial charge in [0.15, 0.2) is 0 Å². The minimum Gasteiger partial charge on any atom is -0.496 e. The van der Waals surface area contributed by atoms with Crippen molar-refractivity contribution in [2.24, 2.45) is 0 Å². The third-order valence-corrected chi connectivity index (χ3v) is 3.87. The molecule has 118 valence electrons. The molecule has 21 heavy (non-hydrogen) atoms. The quantitative estimate of drug-likeness (QED) is 0.836. The molecular weight excluding hydrogens is 271 g/mol. The Morgan fingerprint density at radius 2 is 2.14 bits per heavy atom. The first-order chi connectivity index (χ1) is 10.3. The topological polar surface area (TPSA) is 33.7 Å². The average molecular weight is 296 g/mol. The van der Waals surface area contributed by atoms with E-state index in [-0.39, 0.29) is 11.9 Å². The Balaban J connectivity index is 2.07. The lowest BCUT2D eigenvalue weighted by Gasteiger charge is -2.29. The maximum atomic E-state index is 14.2. The van der Waals surface area contributed by atoms with Crippen molar-refractivity contribution in [1.82, 2.24) is 10.2 Å². The fraction of sp³-hybridized carbons (Fsp3) is 0.625. The van der Waals surface area contributed by atoms with Gasteiger partial charge >= 0.3 is 0 Å². The van der Waals surface area contributed by atoms with Crippen molar-refractivity contribution in [3.05, 3.63) is 29.6 Å². The summed E-state index contributed by atoms with van der Waals surface area (Å²) in [5.74, 6) is 0.408. The van der Waals surface area contributed by atoms with Gasteiger partial charge in [-0.25, -0.2) is 4.39 Å². The van der Waals surface area contributed by atoms with Crippen molar-refractivity contribution in [2.45, 2.75) is 19.4 Å². The summed E-state index contributed by atoms with van der Waals surface area (Å²) in [5, 5.41) is 3.38. The molecule has 0 saturated carbocycles. The maximum absolute atomic E-state index is 14.2. The monoisotopic (exact) mass is 296 g/mol. The van der Waals surface area contributed by atoms with E-state index in [1.54, 1.807) is 13.2 Å². The molecule has 1 aliphatic rings. The van der Waals surface area contributed by atoms with Crippen molar-refractivity contribution < 1.29 is 13.9 Å². The number of benzene rings is 1. The smallest absolute Gasteiger partial charge is 0.131 e. The molecule has 1 heterocycles. The molecule has 4 nitrogen and oxygen atoms in total. The van der Waals surface area contributed by atoms with Crippen LogP contribution in [0.3, 0.4) is 0 Å². The van der Waals surface area contributed by atoms with Gasteiger partial charge in [-0.05, 0) is 25.1 Å². The van der Waals surface area contributed by atoms with Gasteiger partial charge in [0.05, 0.1) is 20.3 Å². The fourth-order valence-electron chi connectivity index (χ4n) is 2.76. The summed E-state index contributed by atoms with van der Waals surface area (Å²) in [7, 11) is 1.59. The number of morpholine rings is 1. The van der Waals surface area contributed by atoms with Gasteiger partial charge in [0, 0.05) is 31.2 Å². The molecule has 0 aromatic heterocycles. The van der Waals surface area contributed by atoms with Crippen LogP contribution in [0.25, 0.3) is 0 Å². The first-order valence-electron chi connectivity index (χ1n) is 7.62. The van der Waals surface area contributed by atoms with Crippen molar-refractivity contribution in [3.8, 4) is 5.75 Å². The zero-order valence-electron chi connectivity index (χ0n) is 12.9. The third kappa shape index (κ3) is 4.40. The third-order valence-electron chi connectivity index (χ3n) is 3.87. The fourth-order valence-corrected chi connectivity index (χ4v) is 2.76. The zero-order chi connectivity index (χ0) is 15.1. The lowest BCUT2D eigenvalue weighted by molar-refractivity contribution is 0.0361. The molecule has 0 radical (unpaired) electrons. The van der Waals surface area contributed by atoms with Crippen LogP contribution < -0.4 is 10.1 Å². The summed E-state index contributed by atoms with van der Waals surface area (Å²) < 4.78 is 24.9. The minimum atomic E-state index is -0.206. The van der Waals surface area contributed by atoms with Crippen LogP contribution in [0.2, 0.25) is 0 Å². The van der Waals surface area contributed by atoms with E-state index in [4.69, 9.17) is 9.47 Å². The normalized spacial score (nSPS) is 17.7. The number of hydrogen-bond donors (Lipinski definition) is 1. The van der Waals surface area contributed by atoms with Crippen LogP contribution in [-0.4, -0.2) is 51.4 Å². The Hall–Kier alpha value is -1.17. The lowest BCUT2D eigenvalue weighted by atomic mass is 10.0. The highest BCUT2D eigenvalue weighted by Crippen LogP contribution is 2.30. The lowest BCUT2D eigenvalue weighted by Crippen LogP contribution is -2.38. The van der Waals surface area contributed by atoms with Gasteiger partial charge in [-0.3, -0.25) is 4.90 Å². The Kier molecular flexibility index (Phi) is 6.42. The molecule has 1 atom stereocenters. The number of rotatable bonds is 7. The molecule has 0 bridgehead atoms. The van der Waals surface area contributed by atoms with Crippen molar-refractivity contribution in [3.63, 3.8) is 0 Å². The highest BCUT2D eigenvalue weighted by molar-refractivity contribution is 5.37. The van der Waals surface area contributed by atoms with Crippen LogP contribution in [0, 0.1) is 5.82 Å². The summed E-state index contributed by atoms with van der Waals surface area (Å²) in [6.45, 7) is 7.24. The number of nitrogens with one attached hydrogen (secondary N) is 1. The molecule has 2 rings (SSSR count). The Labute approximate surface area is 126 Å². The number of ether oxygens (including phenoxy) is 2. The first kappa shape index (κ1) is 16.2. The number of hydrogen-bond acceptors (Lipinski definition) is 4. The molecular formula is C16H25FN2O2. The van der Waals surface area contributed by atoms with Gasteiger partial charge < -0.3 is 14.8 Å². The highest BCUT2D eigenvalue weighted by Gasteiger charge is 2.21.